The molecule has 0 aliphatic carbocycles. The molecule has 0 saturated carbocycles. The molecule has 0 atom stereocenters. The van der Waals surface area contributed by atoms with Crippen LogP contribution in [0.25, 0.3) is 0 Å². The van der Waals surface area contributed by atoms with Crippen LogP contribution in [0.2, 0.25) is 5.02 Å². The molecule has 0 amide bonds. The van der Waals surface area contributed by atoms with Gasteiger partial charge < -0.3 is 14.3 Å². The lowest BCUT2D eigenvalue weighted by atomic mass is 10.2. The molecule has 1 rings (SSSR count). The van der Waals surface area contributed by atoms with Gasteiger partial charge in [0.05, 0.1) is 18.2 Å². The Morgan fingerprint density at radius 3 is 2.52 bits per heavy atom. The minimum Gasteiger partial charge on any atom is -0.492 e. The maximum atomic E-state index is 6.16. The average molecular weight is 377 g/mol. The summed E-state index contributed by atoms with van der Waals surface area (Å²) >= 11 is 17.2. The zero-order chi connectivity index (χ0) is 15.0. The number of aryl methyl sites for hydroxylation is 1. The normalized spacial score (nSPS) is 9.76. The van der Waals surface area contributed by atoms with Crippen LogP contribution < -0.4 is 15.4 Å². The molecule has 21 heavy (non-hydrogen) atoms. The summed E-state index contributed by atoms with van der Waals surface area (Å²) < 4.78 is 11.2. The van der Waals surface area contributed by atoms with Crippen molar-refractivity contribution in [2.45, 2.75) is 13.3 Å². The van der Waals surface area contributed by atoms with E-state index < -0.39 is 0 Å². The number of hydrogen-bond acceptors (Lipinski definition) is 4. The molecular weight excluding hydrogens is 360 g/mol. The van der Waals surface area contributed by atoms with Crippen LogP contribution in [0, 0.1) is 6.92 Å². The van der Waals surface area contributed by atoms with E-state index in [0.29, 0.717) is 36.2 Å². The first-order valence-corrected chi connectivity index (χ1v) is 7.06. The standard InChI is InChI=1S/C13H16Cl3NO3.ClH/c1-9-7-10(18-6-3-12(15)16)8-11(14)13(9)19-4-2-5-20-17;/h3,7-8H,2,4-6,17H2,1H3;1H. The summed E-state index contributed by atoms with van der Waals surface area (Å²) in [6, 6.07) is 3.51. The van der Waals surface area contributed by atoms with Gasteiger partial charge in [-0.3, -0.25) is 0 Å². The van der Waals surface area contributed by atoms with Gasteiger partial charge in [-0.15, -0.1) is 12.4 Å². The fourth-order valence-electron chi connectivity index (χ4n) is 1.48. The van der Waals surface area contributed by atoms with Crippen molar-refractivity contribution in [2.75, 3.05) is 19.8 Å². The first-order valence-electron chi connectivity index (χ1n) is 5.93. The maximum Gasteiger partial charge on any atom is 0.141 e. The molecule has 0 spiro atoms. The highest BCUT2D eigenvalue weighted by atomic mass is 35.5. The largest absolute Gasteiger partial charge is 0.492 e. The maximum absolute atomic E-state index is 6.16. The molecular formula is C13H17Cl4NO3. The van der Waals surface area contributed by atoms with E-state index in [4.69, 9.17) is 50.2 Å². The highest BCUT2D eigenvalue weighted by molar-refractivity contribution is 6.55. The molecule has 0 aromatic heterocycles. The van der Waals surface area contributed by atoms with E-state index in [2.05, 4.69) is 4.84 Å². The monoisotopic (exact) mass is 375 g/mol. The first-order chi connectivity index (χ1) is 9.54. The van der Waals surface area contributed by atoms with Gasteiger partial charge in [0.1, 0.15) is 22.6 Å². The smallest absolute Gasteiger partial charge is 0.141 e. The predicted molar refractivity (Wildman–Crippen MR) is 89.0 cm³/mol. The Balaban J connectivity index is 0.00000400. The summed E-state index contributed by atoms with van der Waals surface area (Å²) in [4.78, 5) is 4.46. The van der Waals surface area contributed by atoms with E-state index in [-0.39, 0.29) is 23.5 Å². The zero-order valence-electron chi connectivity index (χ0n) is 11.4. The quantitative estimate of drug-likeness (QED) is 0.538. The van der Waals surface area contributed by atoms with Crippen molar-refractivity contribution in [3.05, 3.63) is 33.3 Å². The van der Waals surface area contributed by atoms with Gasteiger partial charge in [-0.05, 0) is 24.6 Å². The SMILES string of the molecule is Cc1cc(OCC=C(Cl)Cl)cc(Cl)c1OCCCON.Cl. The van der Waals surface area contributed by atoms with Crippen LogP contribution in [0.3, 0.4) is 0 Å². The van der Waals surface area contributed by atoms with E-state index in [1.165, 1.54) is 0 Å². The minimum atomic E-state index is 0. The fourth-order valence-corrected chi connectivity index (χ4v) is 1.92. The van der Waals surface area contributed by atoms with Crippen molar-refractivity contribution in [1.29, 1.82) is 0 Å². The van der Waals surface area contributed by atoms with E-state index >= 15 is 0 Å². The third-order valence-corrected chi connectivity index (χ3v) is 2.93. The lowest BCUT2D eigenvalue weighted by Crippen LogP contribution is -2.07. The number of nitrogens with two attached hydrogens (primary N) is 1. The van der Waals surface area contributed by atoms with Gasteiger partial charge >= 0.3 is 0 Å². The second-order valence-corrected chi connectivity index (χ2v) is 5.34. The third kappa shape index (κ3) is 8.00. The van der Waals surface area contributed by atoms with Crippen LogP contribution in [0.4, 0.5) is 0 Å². The molecule has 120 valence electrons. The van der Waals surface area contributed by atoms with Crippen molar-refractivity contribution >= 4 is 47.2 Å². The summed E-state index contributed by atoms with van der Waals surface area (Å²) in [6.07, 6.45) is 2.23. The van der Waals surface area contributed by atoms with Crippen molar-refractivity contribution in [3.8, 4) is 11.5 Å². The van der Waals surface area contributed by atoms with Gasteiger partial charge in [-0.2, -0.15) is 0 Å². The molecule has 0 aliphatic heterocycles. The first kappa shape index (κ1) is 20.6. The lowest BCUT2D eigenvalue weighted by molar-refractivity contribution is 0.122. The molecule has 0 saturated heterocycles. The van der Waals surface area contributed by atoms with Crippen molar-refractivity contribution in [1.82, 2.24) is 0 Å². The van der Waals surface area contributed by atoms with Crippen LogP contribution in [0.1, 0.15) is 12.0 Å². The van der Waals surface area contributed by atoms with E-state index in [1.54, 1.807) is 12.1 Å². The number of ether oxygens (including phenoxy) is 2. The molecule has 4 nitrogen and oxygen atoms in total. The Kier molecular flexibility index (Phi) is 11.0. The minimum absolute atomic E-state index is 0. The van der Waals surface area contributed by atoms with Gasteiger partial charge in [-0.25, -0.2) is 5.90 Å². The zero-order valence-corrected chi connectivity index (χ0v) is 14.5. The van der Waals surface area contributed by atoms with Crippen LogP contribution in [0.15, 0.2) is 22.7 Å². The Morgan fingerprint density at radius 1 is 1.24 bits per heavy atom. The molecule has 8 heteroatoms. The van der Waals surface area contributed by atoms with Gasteiger partial charge in [0.15, 0.2) is 0 Å². The van der Waals surface area contributed by atoms with E-state index in [0.717, 1.165) is 5.56 Å². The Morgan fingerprint density at radius 2 is 1.95 bits per heavy atom. The number of hydrogen-bond donors (Lipinski definition) is 1. The van der Waals surface area contributed by atoms with Crippen LogP contribution in [-0.4, -0.2) is 19.8 Å². The molecule has 0 fully saturated rings. The highest BCUT2D eigenvalue weighted by Crippen LogP contribution is 2.33. The van der Waals surface area contributed by atoms with Crippen LogP contribution in [0.5, 0.6) is 11.5 Å². The molecule has 0 radical (unpaired) electrons. The van der Waals surface area contributed by atoms with Crippen LogP contribution in [-0.2, 0) is 4.84 Å². The highest BCUT2D eigenvalue weighted by Gasteiger charge is 2.08. The summed E-state index contributed by atoms with van der Waals surface area (Å²) in [6.45, 7) is 3.07. The van der Waals surface area contributed by atoms with E-state index in [9.17, 15) is 0 Å². The molecule has 0 unspecified atom stereocenters. The fraction of sp³-hybridized carbons (Fsp3) is 0.385. The Labute approximate surface area is 145 Å². The Hall–Kier alpha value is -0.360. The number of halogens is 4. The van der Waals surface area contributed by atoms with Crippen molar-refractivity contribution in [2.24, 2.45) is 5.90 Å². The van der Waals surface area contributed by atoms with Gasteiger partial charge in [-0.1, -0.05) is 34.8 Å². The summed E-state index contributed by atoms with van der Waals surface area (Å²) in [7, 11) is 0. The molecule has 2 N–H and O–H groups in total. The number of rotatable bonds is 8. The summed E-state index contributed by atoms with van der Waals surface area (Å²) in [5.41, 5.74) is 0.877. The van der Waals surface area contributed by atoms with Crippen LogP contribution >= 0.6 is 47.2 Å². The van der Waals surface area contributed by atoms with Gasteiger partial charge in [0.25, 0.3) is 0 Å². The molecule has 1 aromatic carbocycles. The van der Waals surface area contributed by atoms with Gasteiger partial charge in [0.2, 0.25) is 0 Å². The van der Waals surface area contributed by atoms with Crippen molar-refractivity contribution in [3.63, 3.8) is 0 Å². The summed E-state index contributed by atoms with van der Waals surface area (Å²) in [5.74, 6) is 6.18. The second-order valence-electron chi connectivity index (χ2n) is 3.93. The predicted octanol–water partition coefficient (Wildman–Crippen LogP) is 4.43. The second kappa shape index (κ2) is 11.2. The topological polar surface area (TPSA) is 53.7 Å². The van der Waals surface area contributed by atoms with Crippen molar-refractivity contribution < 1.29 is 14.3 Å². The Bertz CT molecular complexity index is 442. The average Bonchev–Trinajstić information content (AvgIpc) is 2.36. The molecule has 0 heterocycles. The molecule has 0 aliphatic rings. The van der Waals surface area contributed by atoms with E-state index in [1.807, 2.05) is 13.0 Å². The number of benzene rings is 1. The lowest BCUT2D eigenvalue weighted by Gasteiger charge is -2.13. The van der Waals surface area contributed by atoms with Gasteiger partial charge in [0, 0.05) is 12.5 Å². The molecule has 1 aromatic rings. The molecule has 0 bridgehead atoms. The third-order valence-electron chi connectivity index (χ3n) is 2.34. The summed E-state index contributed by atoms with van der Waals surface area (Å²) in [5, 5.41) is 0.481.